The van der Waals surface area contributed by atoms with E-state index >= 15 is 0 Å². The highest BCUT2D eigenvalue weighted by Gasteiger charge is 2.38. The van der Waals surface area contributed by atoms with Crippen LogP contribution >= 0.6 is 0 Å². The van der Waals surface area contributed by atoms with Crippen LogP contribution in [0.4, 0.5) is 8.78 Å². The zero-order chi connectivity index (χ0) is 27.2. The van der Waals surface area contributed by atoms with Gasteiger partial charge in [0.25, 0.3) is 0 Å². The molecule has 0 heterocycles. The first-order valence-corrected chi connectivity index (χ1v) is 13.0. The van der Waals surface area contributed by atoms with Gasteiger partial charge in [-0.25, -0.2) is 8.78 Å². The molecule has 8 heteroatoms. The van der Waals surface area contributed by atoms with Crippen LogP contribution < -0.4 is 16.1 Å². The van der Waals surface area contributed by atoms with Gasteiger partial charge >= 0.3 is 0 Å². The fourth-order valence-corrected chi connectivity index (χ4v) is 5.22. The lowest BCUT2D eigenvalue weighted by molar-refractivity contribution is -0.120. The Morgan fingerprint density at radius 1 is 1.14 bits per heavy atom. The summed E-state index contributed by atoms with van der Waals surface area (Å²) in [6, 6.07) is 11.4. The Kier molecular flexibility index (Phi) is 9.80. The van der Waals surface area contributed by atoms with Crippen LogP contribution in [0.25, 0.3) is 0 Å². The molecule has 1 aliphatic rings. The molecule has 2 unspecified atom stereocenters. The van der Waals surface area contributed by atoms with E-state index in [9.17, 15) is 18.7 Å². The molecule has 3 rings (SSSR count). The van der Waals surface area contributed by atoms with E-state index in [0.29, 0.717) is 5.56 Å². The molecule has 1 aliphatic carbocycles. The summed E-state index contributed by atoms with van der Waals surface area (Å²) in [7, 11) is 1.62. The number of carbonyl (C=O) groups is 1. The minimum Gasteiger partial charge on any atom is -0.390 e. The Labute approximate surface area is 219 Å². The normalized spacial score (nSPS) is 21.9. The average molecular weight is 518 g/mol. The average Bonchev–Trinajstić information content (AvgIpc) is 2.82. The van der Waals surface area contributed by atoms with Gasteiger partial charge < -0.3 is 20.6 Å². The van der Waals surface area contributed by atoms with Crippen molar-refractivity contribution in [3.05, 3.63) is 70.8 Å². The number of halogens is 2. The molecule has 0 aliphatic heterocycles. The summed E-state index contributed by atoms with van der Waals surface area (Å²) in [5, 5.41) is 17.6. The minimum atomic E-state index is -0.979. The van der Waals surface area contributed by atoms with Crippen molar-refractivity contribution >= 4 is 5.91 Å². The largest absolute Gasteiger partial charge is 0.390 e. The van der Waals surface area contributed by atoms with Gasteiger partial charge in [0.15, 0.2) is 0 Å². The molecule has 6 nitrogen and oxygen atoms in total. The van der Waals surface area contributed by atoms with Gasteiger partial charge in [-0.2, -0.15) is 5.48 Å². The van der Waals surface area contributed by atoms with Gasteiger partial charge in [-0.1, -0.05) is 45.0 Å². The summed E-state index contributed by atoms with van der Waals surface area (Å²) in [6.45, 7) is 8.11. The number of hydrogen-bond donors (Lipinski definition) is 4. The third-order valence-electron chi connectivity index (χ3n) is 7.29. The molecule has 2 aromatic rings. The number of benzene rings is 2. The number of rotatable bonds is 10. The third kappa shape index (κ3) is 8.04. The molecular weight excluding hydrogens is 476 g/mol. The van der Waals surface area contributed by atoms with E-state index in [4.69, 9.17) is 4.84 Å². The molecule has 0 saturated heterocycles. The maximum Gasteiger partial charge on any atom is 0.217 e. The maximum atomic E-state index is 13.8. The highest BCUT2D eigenvalue weighted by molar-refractivity contribution is 5.73. The van der Waals surface area contributed by atoms with E-state index < -0.39 is 23.8 Å². The summed E-state index contributed by atoms with van der Waals surface area (Å²) in [5.41, 5.74) is 5.44. The standard InChI is InChI=1S/C29H41F2N3O3/c1-19(35)33-26(15-20-13-23(30)17-24(31)14-20)27(36)18-32-29(11-9-25(10-12-29)34-37-5)22-8-6-7-21(16-22)28(2,3)4/h6-8,13-14,16-17,25-27,32,34,36H,9-12,15,18H2,1-5H3,(H,33,35). The van der Waals surface area contributed by atoms with E-state index in [2.05, 4.69) is 61.2 Å². The van der Waals surface area contributed by atoms with E-state index in [-0.39, 0.29) is 35.9 Å². The highest BCUT2D eigenvalue weighted by atomic mass is 19.1. The van der Waals surface area contributed by atoms with Crippen LogP contribution in [-0.4, -0.2) is 42.9 Å². The van der Waals surface area contributed by atoms with Crippen molar-refractivity contribution in [3.63, 3.8) is 0 Å². The van der Waals surface area contributed by atoms with E-state index in [1.807, 2.05) is 0 Å². The van der Waals surface area contributed by atoms with Crippen molar-refractivity contribution < 1.29 is 23.5 Å². The number of amides is 1. The molecule has 1 saturated carbocycles. The second-order valence-electron chi connectivity index (χ2n) is 11.2. The SMILES string of the molecule is CONC1CCC(NCC(O)C(Cc2cc(F)cc(F)c2)NC(C)=O)(c2cccc(C(C)(C)C)c2)CC1. The summed E-state index contributed by atoms with van der Waals surface area (Å²) < 4.78 is 27.5. The van der Waals surface area contributed by atoms with Crippen LogP contribution in [0.1, 0.15) is 70.1 Å². The van der Waals surface area contributed by atoms with Crippen LogP contribution in [0.5, 0.6) is 0 Å². The monoisotopic (exact) mass is 517 g/mol. The number of aliphatic hydroxyl groups excluding tert-OH is 1. The summed E-state index contributed by atoms with van der Waals surface area (Å²) in [4.78, 5) is 17.0. The van der Waals surface area contributed by atoms with Crippen molar-refractivity contribution in [2.75, 3.05) is 13.7 Å². The summed E-state index contributed by atoms with van der Waals surface area (Å²) in [6.07, 6.45) is 2.54. The molecule has 0 radical (unpaired) electrons. The van der Waals surface area contributed by atoms with Crippen molar-refractivity contribution in [2.24, 2.45) is 0 Å². The smallest absolute Gasteiger partial charge is 0.217 e. The quantitative estimate of drug-likeness (QED) is 0.354. The van der Waals surface area contributed by atoms with Gasteiger partial charge in [0.2, 0.25) is 5.91 Å². The predicted molar refractivity (Wildman–Crippen MR) is 141 cm³/mol. The van der Waals surface area contributed by atoms with Gasteiger partial charge in [-0.3, -0.25) is 4.79 Å². The van der Waals surface area contributed by atoms with Crippen LogP contribution in [0.3, 0.4) is 0 Å². The molecule has 1 fully saturated rings. The second-order valence-corrected chi connectivity index (χ2v) is 11.2. The zero-order valence-corrected chi connectivity index (χ0v) is 22.5. The van der Waals surface area contributed by atoms with E-state index in [1.165, 1.54) is 24.6 Å². The molecule has 0 spiro atoms. The topological polar surface area (TPSA) is 82.6 Å². The molecule has 204 valence electrons. The van der Waals surface area contributed by atoms with Crippen molar-refractivity contribution in [3.8, 4) is 0 Å². The molecule has 0 aromatic heterocycles. The summed E-state index contributed by atoms with van der Waals surface area (Å²) in [5.74, 6) is -1.70. The van der Waals surface area contributed by atoms with Gasteiger partial charge in [-0.05, 0) is 66.3 Å². The number of carbonyl (C=O) groups excluding carboxylic acids is 1. The maximum absolute atomic E-state index is 13.8. The molecule has 0 bridgehead atoms. The van der Waals surface area contributed by atoms with Crippen LogP contribution in [-0.2, 0) is 27.0 Å². The molecular formula is C29H41F2N3O3. The fourth-order valence-electron chi connectivity index (χ4n) is 5.22. The fraction of sp³-hybridized carbons (Fsp3) is 0.552. The number of aliphatic hydroxyl groups is 1. The van der Waals surface area contributed by atoms with Crippen molar-refractivity contribution in [2.45, 2.75) is 88.9 Å². The van der Waals surface area contributed by atoms with Crippen LogP contribution in [0, 0.1) is 11.6 Å². The Balaban J connectivity index is 1.83. The lowest BCUT2D eigenvalue weighted by Crippen LogP contribution is -2.54. The van der Waals surface area contributed by atoms with Gasteiger partial charge in [0.05, 0.1) is 19.3 Å². The molecule has 4 N–H and O–H groups in total. The lowest BCUT2D eigenvalue weighted by atomic mass is 9.73. The Morgan fingerprint density at radius 2 is 1.78 bits per heavy atom. The molecule has 1 amide bonds. The molecule has 2 aromatic carbocycles. The Hall–Kier alpha value is -2.39. The molecule has 37 heavy (non-hydrogen) atoms. The first-order valence-electron chi connectivity index (χ1n) is 13.0. The Bertz CT molecular complexity index is 1030. The number of nitrogens with one attached hydrogen (secondary N) is 3. The van der Waals surface area contributed by atoms with Crippen molar-refractivity contribution in [1.29, 1.82) is 0 Å². The predicted octanol–water partition coefficient (Wildman–Crippen LogP) is 4.25. The van der Waals surface area contributed by atoms with E-state index in [0.717, 1.165) is 37.3 Å². The Morgan fingerprint density at radius 3 is 2.35 bits per heavy atom. The third-order valence-corrected chi connectivity index (χ3v) is 7.29. The minimum absolute atomic E-state index is 0.0117. The van der Waals surface area contributed by atoms with Gasteiger partial charge in [-0.15, -0.1) is 0 Å². The van der Waals surface area contributed by atoms with Crippen molar-refractivity contribution in [1.82, 2.24) is 16.1 Å². The summed E-state index contributed by atoms with van der Waals surface area (Å²) >= 11 is 0. The zero-order valence-electron chi connectivity index (χ0n) is 22.5. The first-order chi connectivity index (χ1) is 17.4. The van der Waals surface area contributed by atoms with Gasteiger partial charge in [0, 0.05) is 31.1 Å². The molecule has 2 atom stereocenters. The first kappa shape index (κ1) is 29.2. The van der Waals surface area contributed by atoms with Crippen LogP contribution in [0.15, 0.2) is 42.5 Å². The van der Waals surface area contributed by atoms with Gasteiger partial charge in [0.1, 0.15) is 11.6 Å². The van der Waals surface area contributed by atoms with Crippen LogP contribution in [0.2, 0.25) is 0 Å². The number of hydroxylamine groups is 1. The highest BCUT2D eigenvalue weighted by Crippen LogP contribution is 2.39. The number of hydrogen-bond acceptors (Lipinski definition) is 5. The second kappa shape index (κ2) is 12.4. The lowest BCUT2D eigenvalue weighted by Gasteiger charge is -2.43. The van der Waals surface area contributed by atoms with E-state index in [1.54, 1.807) is 7.11 Å².